The molecule has 0 spiro atoms. The van der Waals surface area contributed by atoms with Gasteiger partial charge in [0, 0.05) is 0 Å². The Morgan fingerprint density at radius 1 is 1.35 bits per heavy atom. The summed E-state index contributed by atoms with van der Waals surface area (Å²) in [7, 11) is 0. The van der Waals surface area contributed by atoms with E-state index in [2.05, 4.69) is 0 Å². The quantitative estimate of drug-likeness (QED) is 0.890. The molecule has 20 heavy (non-hydrogen) atoms. The highest BCUT2D eigenvalue weighted by Crippen LogP contribution is 2.48. The van der Waals surface area contributed by atoms with Gasteiger partial charge in [0.15, 0.2) is 0 Å². The molecule has 0 heterocycles. The Morgan fingerprint density at radius 2 is 1.95 bits per heavy atom. The molecule has 0 bridgehead atoms. The maximum atomic E-state index is 11.3. The zero-order chi connectivity index (χ0) is 14.9. The van der Waals surface area contributed by atoms with Crippen LogP contribution in [0.15, 0.2) is 24.3 Å². The Morgan fingerprint density at radius 3 is 2.45 bits per heavy atom. The van der Waals surface area contributed by atoms with Crippen molar-refractivity contribution in [2.45, 2.75) is 45.6 Å². The maximum absolute atomic E-state index is 11.3. The number of carbonyl (C=O) groups is 1. The molecule has 1 aromatic carbocycles. The van der Waals surface area contributed by atoms with Crippen molar-refractivity contribution in [3.8, 4) is 0 Å². The minimum absolute atomic E-state index is 0.0138. The Hall–Kier alpha value is -1.35. The zero-order valence-corrected chi connectivity index (χ0v) is 12.5. The number of rotatable bonds is 3. The van der Waals surface area contributed by atoms with E-state index in [-0.39, 0.29) is 17.8 Å². The molecule has 110 valence electrons. The monoisotopic (exact) mass is 276 g/mol. The first-order chi connectivity index (χ1) is 9.40. The van der Waals surface area contributed by atoms with Gasteiger partial charge >= 0.3 is 5.97 Å². The van der Waals surface area contributed by atoms with E-state index in [9.17, 15) is 15.0 Å². The summed E-state index contributed by atoms with van der Waals surface area (Å²) >= 11 is 0. The first-order valence-corrected chi connectivity index (χ1v) is 7.42. The van der Waals surface area contributed by atoms with Gasteiger partial charge in [-0.05, 0) is 43.6 Å². The summed E-state index contributed by atoms with van der Waals surface area (Å²) in [4.78, 5) is 11.3. The van der Waals surface area contributed by atoms with Crippen molar-refractivity contribution in [2.75, 3.05) is 0 Å². The smallest absolute Gasteiger partial charge is 0.306 e. The van der Waals surface area contributed by atoms with Crippen LogP contribution in [0.5, 0.6) is 0 Å². The van der Waals surface area contributed by atoms with Gasteiger partial charge in [-0.2, -0.15) is 0 Å². The molecule has 4 unspecified atom stereocenters. The van der Waals surface area contributed by atoms with Crippen molar-refractivity contribution in [2.24, 2.45) is 17.8 Å². The molecule has 3 nitrogen and oxygen atoms in total. The normalized spacial score (nSPS) is 33.9. The SMILES string of the molecule is CCC1C(C)C(C(=O)O)CCC1(O)c1ccc(C)cc1. The van der Waals surface area contributed by atoms with Crippen molar-refractivity contribution in [1.29, 1.82) is 0 Å². The average molecular weight is 276 g/mol. The summed E-state index contributed by atoms with van der Waals surface area (Å²) in [5, 5.41) is 20.5. The molecular weight excluding hydrogens is 252 g/mol. The molecule has 0 aromatic heterocycles. The zero-order valence-electron chi connectivity index (χ0n) is 12.5. The lowest BCUT2D eigenvalue weighted by molar-refractivity contribution is -0.154. The second-order valence-corrected chi connectivity index (χ2v) is 6.15. The molecule has 1 aliphatic rings. The van der Waals surface area contributed by atoms with Crippen molar-refractivity contribution in [3.63, 3.8) is 0 Å². The summed E-state index contributed by atoms with van der Waals surface area (Å²) in [6, 6.07) is 7.97. The number of aryl methyl sites for hydroxylation is 1. The third-order valence-corrected chi connectivity index (χ3v) is 5.03. The van der Waals surface area contributed by atoms with Crippen LogP contribution in [0.3, 0.4) is 0 Å². The molecule has 0 radical (unpaired) electrons. The van der Waals surface area contributed by atoms with Crippen molar-refractivity contribution in [3.05, 3.63) is 35.4 Å². The number of carboxylic acids is 1. The van der Waals surface area contributed by atoms with Crippen LogP contribution < -0.4 is 0 Å². The summed E-state index contributed by atoms with van der Waals surface area (Å²) in [5.41, 5.74) is 1.19. The van der Waals surface area contributed by atoms with E-state index in [1.54, 1.807) is 0 Å². The van der Waals surface area contributed by atoms with Crippen LogP contribution in [0.25, 0.3) is 0 Å². The minimum atomic E-state index is -0.895. The molecule has 2 N–H and O–H groups in total. The van der Waals surface area contributed by atoms with Gasteiger partial charge in [0.1, 0.15) is 0 Å². The third-order valence-electron chi connectivity index (χ3n) is 5.03. The molecular formula is C17H24O3. The van der Waals surface area contributed by atoms with E-state index in [4.69, 9.17) is 0 Å². The lowest BCUT2D eigenvalue weighted by Crippen LogP contribution is -2.47. The van der Waals surface area contributed by atoms with Gasteiger partial charge in [-0.25, -0.2) is 0 Å². The number of carboxylic acid groups (broad SMARTS) is 1. The van der Waals surface area contributed by atoms with E-state index < -0.39 is 11.6 Å². The van der Waals surface area contributed by atoms with Gasteiger partial charge < -0.3 is 10.2 Å². The highest BCUT2D eigenvalue weighted by molar-refractivity contribution is 5.70. The fourth-order valence-electron chi connectivity index (χ4n) is 3.80. The summed E-state index contributed by atoms with van der Waals surface area (Å²) in [5.74, 6) is -1.11. The Kier molecular flexibility index (Phi) is 4.19. The van der Waals surface area contributed by atoms with Crippen LogP contribution in [0.2, 0.25) is 0 Å². The van der Waals surface area contributed by atoms with E-state index in [1.807, 2.05) is 45.0 Å². The highest BCUT2D eigenvalue weighted by Gasteiger charge is 2.48. The molecule has 1 fully saturated rings. The number of aliphatic carboxylic acids is 1. The van der Waals surface area contributed by atoms with Crippen LogP contribution in [0, 0.1) is 24.7 Å². The van der Waals surface area contributed by atoms with Crippen LogP contribution in [-0.4, -0.2) is 16.2 Å². The predicted molar refractivity (Wildman–Crippen MR) is 78.4 cm³/mol. The topological polar surface area (TPSA) is 57.5 Å². The van der Waals surface area contributed by atoms with E-state index >= 15 is 0 Å². The van der Waals surface area contributed by atoms with Crippen LogP contribution in [0.4, 0.5) is 0 Å². The first kappa shape index (κ1) is 15.0. The van der Waals surface area contributed by atoms with Gasteiger partial charge in [0.25, 0.3) is 0 Å². The number of hydrogen-bond donors (Lipinski definition) is 2. The van der Waals surface area contributed by atoms with E-state index in [0.29, 0.717) is 12.8 Å². The van der Waals surface area contributed by atoms with Gasteiger partial charge in [-0.15, -0.1) is 0 Å². The lowest BCUT2D eigenvalue weighted by atomic mass is 9.61. The summed E-state index contributed by atoms with van der Waals surface area (Å²) < 4.78 is 0. The number of hydrogen-bond acceptors (Lipinski definition) is 2. The largest absolute Gasteiger partial charge is 0.481 e. The van der Waals surface area contributed by atoms with Gasteiger partial charge in [-0.3, -0.25) is 4.79 Å². The molecule has 1 aliphatic carbocycles. The van der Waals surface area contributed by atoms with Crippen molar-refractivity contribution < 1.29 is 15.0 Å². The predicted octanol–water partition coefficient (Wildman–Crippen LogP) is 3.34. The fourth-order valence-corrected chi connectivity index (χ4v) is 3.80. The molecule has 1 aromatic rings. The van der Waals surface area contributed by atoms with Crippen molar-refractivity contribution >= 4 is 5.97 Å². The van der Waals surface area contributed by atoms with Gasteiger partial charge in [0.2, 0.25) is 0 Å². The fraction of sp³-hybridized carbons (Fsp3) is 0.588. The standard InChI is InChI=1S/C17H24O3/c1-4-15-12(3)14(16(18)19)9-10-17(15,20)13-7-5-11(2)6-8-13/h5-8,12,14-15,20H,4,9-10H2,1-3H3,(H,18,19). The second-order valence-electron chi connectivity index (χ2n) is 6.15. The summed E-state index contributed by atoms with van der Waals surface area (Å²) in [6.45, 7) is 6.02. The number of aliphatic hydroxyl groups is 1. The first-order valence-electron chi connectivity index (χ1n) is 7.42. The Bertz CT molecular complexity index is 480. The van der Waals surface area contributed by atoms with Crippen molar-refractivity contribution in [1.82, 2.24) is 0 Å². The van der Waals surface area contributed by atoms with Gasteiger partial charge in [0.05, 0.1) is 11.5 Å². The maximum Gasteiger partial charge on any atom is 0.306 e. The molecule has 4 atom stereocenters. The molecule has 3 heteroatoms. The third kappa shape index (κ3) is 2.47. The van der Waals surface area contributed by atoms with E-state index in [0.717, 1.165) is 17.5 Å². The highest BCUT2D eigenvalue weighted by atomic mass is 16.4. The molecule has 0 amide bonds. The molecule has 0 aliphatic heterocycles. The molecule has 1 saturated carbocycles. The van der Waals surface area contributed by atoms with Gasteiger partial charge in [-0.1, -0.05) is 43.7 Å². The van der Waals surface area contributed by atoms with Crippen LogP contribution >= 0.6 is 0 Å². The van der Waals surface area contributed by atoms with E-state index in [1.165, 1.54) is 0 Å². The second kappa shape index (κ2) is 5.57. The van der Waals surface area contributed by atoms with Crippen LogP contribution in [0.1, 0.15) is 44.2 Å². The Balaban J connectivity index is 2.35. The lowest BCUT2D eigenvalue weighted by Gasteiger charge is -2.46. The molecule has 2 rings (SSSR count). The average Bonchev–Trinajstić information content (AvgIpc) is 2.39. The minimum Gasteiger partial charge on any atom is -0.481 e. The molecule has 0 saturated heterocycles. The Labute approximate surface area is 120 Å². The number of benzene rings is 1. The summed E-state index contributed by atoms with van der Waals surface area (Å²) in [6.07, 6.45) is 1.85. The van der Waals surface area contributed by atoms with Crippen LogP contribution in [-0.2, 0) is 10.4 Å².